The third-order valence-corrected chi connectivity index (χ3v) is 3.54. The van der Waals surface area contributed by atoms with Gasteiger partial charge in [0.1, 0.15) is 0 Å². The summed E-state index contributed by atoms with van der Waals surface area (Å²) in [6.07, 6.45) is 4.33. The molecule has 0 bridgehead atoms. The van der Waals surface area contributed by atoms with Gasteiger partial charge in [0.05, 0.1) is 27.8 Å². The number of aromatic nitrogens is 2. The minimum atomic E-state index is 0.502. The molecule has 2 aromatic heterocycles. The van der Waals surface area contributed by atoms with Crippen molar-refractivity contribution in [1.29, 1.82) is 0 Å². The summed E-state index contributed by atoms with van der Waals surface area (Å²) in [5.74, 6) is 0. The van der Waals surface area contributed by atoms with Crippen molar-refractivity contribution in [3.63, 3.8) is 0 Å². The molecule has 2 rings (SSSR count). The van der Waals surface area contributed by atoms with E-state index in [9.17, 15) is 0 Å². The number of anilines is 2. The summed E-state index contributed by atoms with van der Waals surface area (Å²) in [5.41, 5.74) is 17.2. The average molecular weight is 331 g/mol. The zero-order valence-electron chi connectivity index (χ0n) is 13.9. The van der Waals surface area contributed by atoms with Crippen molar-refractivity contribution in [3.8, 4) is 0 Å². The number of rotatable bonds is 3. The molecule has 2 heterocycles. The second-order valence-electron chi connectivity index (χ2n) is 5.20. The lowest BCUT2D eigenvalue weighted by atomic mass is 10.1. The summed E-state index contributed by atoms with van der Waals surface area (Å²) in [6, 6.07) is 3.60. The predicted molar refractivity (Wildman–Crippen MR) is 101 cm³/mol. The monoisotopic (exact) mass is 330 g/mol. The lowest BCUT2D eigenvalue weighted by molar-refractivity contribution is 1.11. The Labute approximate surface area is 142 Å². The maximum absolute atomic E-state index is 5.87. The van der Waals surface area contributed by atoms with Crippen molar-refractivity contribution in [3.05, 3.63) is 59.7 Å². The maximum Gasteiger partial charge on any atom is 0.0897 e. The molecule has 0 aliphatic heterocycles. The smallest absolute Gasteiger partial charge is 0.0897 e. The molecule has 122 valence electrons. The Kier molecular flexibility index (Phi) is 6.79. The van der Waals surface area contributed by atoms with E-state index in [1.54, 1.807) is 18.5 Å². The van der Waals surface area contributed by atoms with Crippen LogP contribution in [0.2, 0.25) is 5.02 Å². The van der Waals surface area contributed by atoms with Crippen molar-refractivity contribution < 1.29 is 0 Å². The summed E-state index contributed by atoms with van der Waals surface area (Å²) in [6.45, 7) is 13.4. The van der Waals surface area contributed by atoms with Crippen LogP contribution in [0.5, 0.6) is 0 Å². The fraction of sp³-hybridized carbons (Fsp3) is 0.222. The number of hydrogen-bond donors (Lipinski definition) is 2. The molecule has 0 aliphatic rings. The van der Waals surface area contributed by atoms with E-state index in [-0.39, 0.29) is 0 Å². The molecule has 23 heavy (non-hydrogen) atoms. The van der Waals surface area contributed by atoms with Crippen molar-refractivity contribution in [2.24, 2.45) is 0 Å². The minimum Gasteiger partial charge on any atom is -0.397 e. The van der Waals surface area contributed by atoms with Crippen LogP contribution in [-0.2, 0) is 6.42 Å². The highest BCUT2D eigenvalue weighted by molar-refractivity contribution is 6.33. The highest BCUT2D eigenvalue weighted by atomic mass is 35.5. The van der Waals surface area contributed by atoms with Crippen LogP contribution in [0.25, 0.3) is 11.1 Å². The number of nitrogens with two attached hydrogens (primary N) is 2. The van der Waals surface area contributed by atoms with Gasteiger partial charge in [-0.25, -0.2) is 0 Å². The second kappa shape index (κ2) is 8.34. The van der Waals surface area contributed by atoms with Crippen molar-refractivity contribution >= 4 is 34.1 Å². The Morgan fingerprint density at radius 1 is 1.00 bits per heavy atom. The van der Waals surface area contributed by atoms with E-state index in [1.165, 1.54) is 0 Å². The summed E-state index contributed by atoms with van der Waals surface area (Å²) >= 11 is 5.75. The van der Waals surface area contributed by atoms with Gasteiger partial charge in [0.15, 0.2) is 0 Å². The van der Waals surface area contributed by atoms with Crippen LogP contribution < -0.4 is 11.5 Å². The van der Waals surface area contributed by atoms with Crippen LogP contribution in [0.1, 0.15) is 37.7 Å². The summed E-state index contributed by atoms with van der Waals surface area (Å²) in [7, 11) is 0. The van der Waals surface area contributed by atoms with E-state index in [4.69, 9.17) is 23.1 Å². The zero-order chi connectivity index (χ0) is 17.6. The number of halogens is 1. The van der Waals surface area contributed by atoms with Gasteiger partial charge in [-0.15, -0.1) is 0 Å². The first-order chi connectivity index (χ1) is 10.8. The Bertz CT molecular complexity index is 723. The molecule has 0 aliphatic carbocycles. The third-order valence-electron chi connectivity index (χ3n) is 3.21. The highest BCUT2D eigenvalue weighted by Crippen LogP contribution is 2.24. The number of aryl methyl sites for hydroxylation is 1. The molecular weight excluding hydrogens is 308 g/mol. The van der Waals surface area contributed by atoms with Gasteiger partial charge in [0, 0.05) is 12.4 Å². The summed E-state index contributed by atoms with van der Waals surface area (Å²) in [5, 5.41) is 0.526. The Morgan fingerprint density at radius 2 is 1.48 bits per heavy atom. The number of allylic oxidation sites excluding steroid dienone is 2. The molecule has 0 aromatic carbocycles. The van der Waals surface area contributed by atoms with Crippen LogP contribution in [0.4, 0.5) is 11.4 Å². The van der Waals surface area contributed by atoms with Crippen LogP contribution in [0, 0.1) is 0 Å². The first-order valence-corrected chi connectivity index (χ1v) is 7.62. The highest BCUT2D eigenvalue weighted by Gasteiger charge is 2.04. The van der Waals surface area contributed by atoms with Crippen LogP contribution >= 0.6 is 11.6 Å². The molecule has 5 heteroatoms. The molecule has 4 nitrogen and oxygen atoms in total. The maximum atomic E-state index is 5.87. The Hall–Kier alpha value is -2.33. The minimum absolute atomic E-state index is 0.502. The van der Waals surface area contributed by atoms with Gasteiger partial charge in [0.25, 0.3) is 0 Å². The largest absolute Gasteiger partial charge is 0.397 e. The molecule has 0 saturated carbocycles. The van der Waals surface area contributed by atoms with Crippen LogP contribution in [0.3, 0.4) is 0 Å². The van der Waals surface area contributed by atoms with Crippen LogP contribution in [-0.4, -0.2) is 9.97 Å². The van der Waals surface area contributed by atoms with Crippen LogP contribution in [0.15, 0.2) is 37.7 Å². The number of pyridine rings is 2. The number of nitrogen functional groups attached to an aromatic ring is 2. The predicted octanol–water partition coefficient (Wildman–Crippen LogP) is 4.61. The van der Waals surface area contributed by atoms with E-state index in [0.717, 1.165) is 34.5 Å². The van der Waals surface area contributed by atoms with Crippen molar-refractivity contribution in [2.45, 2.75) is 27.2 Å². The lowest BCUT2D eigenvalue weighted by Gasteiger charge is -2.07. The first-order valence-electron chi connectivity index (χ1n) is 7.24. The zero-order valence-corrected chi connectivity index (χ0v) is 14.6. The van der Waals surface area contributed by atoms with E-state index in [1.807, 2.05) is 19.9 Å². The van der Waals surface area contributed by atoms with Gasteiger partial charge < -0.3 is 11.5 Å². The number of nitrogens with zero attached hydrogens (tertiary/aromatic N) is 2. The standard InChI is InChI=1S/C10H14N2.C8H9ClN2/c1-4-8-5-6-12-10(7(2)3)9(8)11;1-5(2)8-7(10)6(9)3-4-11-8/h5-6H,2,4,11H2,1,3H3;3-4H,1,10H2,2H3. The fourth-order valence-electron chi connectivity index (χ4n) is 1.95. The molecule has 2 aromatic rings. The van der Waals surface area contributed by atoms with Gasteiger partial charge >= 0.3 is 0 Å². The number of hydrogen-bond acceptors (Lipinski definition) is 4. The van der Waals surface area contributed by atoms with E-state index >= 15 is 0 Å². The normalized spacial score (nSPS) is 9.74. The molecular formula is C18H23ClN4. The summed E-state index contributed by atoms with van der Waals surface area (Å²) in [4.78, 5) is 8.19. The molecule has 0 amide bonds. The molecule has 0 spiro atoms. The van der Waals surface area contributed by atoms with E-state index < -0.39 is 0 Å². The molecule has 0 atom stereocenters. The van der Waals surface area contributed by atoms with E-state index in [0.29, 0.717) is 16.4 Å². The van der Waals surface area contributed by atoms with Gasteiger partial charge in [-0.1, -0.05) is 31.7 Å². The Balaban J connectivity index is 0.000000231. The van der Waals surface area contributed by atoms with Gasteiger partial charge in [-0.3, -0.25) is 9.97 Å². The molecule has 0 fully saturated rings. The first kappa shape index (κ1) is 18.7. The summed E-state index contributed by atoms with van der Waals surface area (Å²) < 4.78 is 0. The fourth-order valence-corrected chi connectivity index (χ4v) is 2.10. The average Bonchev–Trinajstić information content (AvgIpc) is 2.50. The second-order valence-corrected chi connectivity index (χ2v) is 5.61. The molecule has 4 N–H and O–H groups in total. The molecule has 0 saturated heterocycles. The van der Waals surface area contributed by atoms with Gasteiger partial charge in [-0.2, -0.15) is 0 Å². The Morgan fingerprint density at radius 3 is 1.91 bits per heavy atom. The quantitative estimate of drug-likeness (QED) is 0.861. The van der Waals surface area contributed by atoms with Gasteiger partial charge in [-0.05, 0) is 49.1 Å². The third kappa shape index (κ3) is 4.83. The molecule has 0 radical (unpaired) electrons. The van der Waals surface area contributed by atoms with Crippen molar-refractivity contribution in [2.75, 3.05) is 11.5 Å². The topological polar surface area (TPSA) is 77.8 Å². The SMILES string of the molecule is C=C(C)c1nccc(CC)c1N.C=C(C)c1nccc(Cl)c1N. The van der Waals surface area contributed by atoms with Crippen molar-refractivity contribution in [1.82, 2.24) is 9.97 Å². The van der Waals surface area contributed by atoms with E-state index in [2.05, 4.69) is 30.0 Å². The van der Waals surface area contributed by atoms with Gasteiger partial charge in [0.2, 0.25) is 0 Å². The molecule has 0 unspecified atom stereocenters. The lowest BCUT2D eigenvalue weighted by Crippen LogP contribution is -1.99.